The molecule has 2 nitrogen and oxygen atoms in total. The molecule has 0 saturated carbocycles. The van der Waals surface area contributed by atoms with E-state index in [1.807, 2.05) is 24.3 Å². The predicted molar refractivity (Wildman–Crippen MR) is 224 cm³/mol. The Labute approximate surface area is 308 Å². The molecule has 9 aromatic carbocycles. The molecule has 0 amide bonds. The van der Waals surface area contributed by atoms with Crippen LogP contribution in [0, 0.1) is 6.92 Å². The van der Waals surface area contributed by atoms with Crippen molar-refractivity contribution in [2.75, 3.05) is 0 Å². The van der Waals surface area contributed by atoms with Crippen LogP contribution in [-0.4, -0.2) is 9.97 Å². The van der Waals surface area contributed by atoms with Gasteiger partial charge in [0.25, 0.3) is 0 Å². The average molecular weight is 675 g/mol. The van der Waals surface area contributed by atoms with Gasteiger partial charge in [-0.1, -0.05) is 169 Å². The lowest BCUT2D eigenvalue weighted by Crippen LogP contribution is -1.97. The maximum atomic E-state index is 5.23. The van der Waals surface area contributed by atoms with Crippen molar-refractivity contribution < 1.29 is 0 Å². The molecule has 0 bridgehead atoms. The molecule has 0 atom stereocenters. The largest absolute Gasteiger partial charge is 0.228 e. The monoisotopic (exact) mass is 674 g/mol. The topological polar surface area (TPSA) is 25.8 Å². The van der Waals surface area contributed by atoms with Crippen LogP contribution in [0.2, 0.25) is 0 Å². The summed E-state index contributed by atoms with van der Waals surface area (Å²) in [5.41, 5.74) is 11.0. The number of hydrogen-bond acceptors (Lipinski definition) is 2. The van der Waals surface area contributed by atoms with E-state index in [1.54, 1.807) is 0 Å². The van der Waals surface area contributed by atoms with E-state index in [0.717, 1.165) is 28.1 Å². The van der Waals surface area contributed by atoms with E-state index in [9.17, 15) is 0 Å². The summed E-state index contributed by atoms with van der Waals surface area (Å²) in [6, 6.07) is 67.6. The van der Waals surface area contributed by atoms with Crippen LogP contribution < -0.4 is 0 Å². The van der Waals surface area contributed by atoms with Gasteiger partial charge in [0.15, 0.2) is 5.82 Å². The van der Waals surface area contributed by atoms with Crippen molar-refractivity contribution in [2.45, 2.75) is 6.92 Å². The summed E-state index contributed by atoms with van der Waals surface area (Å²) in [5, 5.41) is 9.82. The summed E-state index contributed by atoms with van der Waals surface area (Å²) in [5.74, 6) is 0.711. The summed E-state index contributed by atoms with van der Waals surface area (Å²) in [4.78, 5) is 10.3. The zero-order valence-corrected chi connectivity index (χ0v) is 29.3. The number of benzene rings is 9. The fraction of sp³-hybridized carbons (Fsp3) is 0.0196. The number of rotatable bonds is 5. The minimum atomic E-state index is 0.711. The summed E-state index contributed by atoms with van der Waals surface area (Å²) >= 11 is 0. The van der Waals surface area contributed by atoms with E-state index in [2.05, 4.69) is 171 Å². The number of aryl methyl sites for hydroxylation is 1. The van der Waals surface area contributed by atoms with Gasteiger partial charge in [-0.05, 0) is 96.5 Å². The lowest BCUT2D eigenvalue weighted by atomic mass is 9.84. The quantitative estimate of drug-likeness (QED) is 0.170. The molecule has 0 N–H and O–H groups in total. The first-order valence-electron chi connectivity index (χ1n) is 18.1. The molecule has 0 aliphatic heterocycles. The van der Waals surface area contributed by atoms with E-state index in [-0.39, 0.29) is 0 Å². The Kier molecular flexibility index (Phi) is 7.40. The first kappa shape index (κ1) is 30.9. The predicted octanol–water partition coefficient (Wildman–Crippen LogP) is 13.7. The van der Waals surface area contributed by atoms with E-state index in [4.69, 9.17) is 9.97 Å². The van der Waals surface area contributed by atoms with Gasteiger partial charge in [-0.25, -0.2) is 9.97 Å². The summed E-state index contributed by atoms with van der Waals surface area (Å²) in [7, 11) is 0. The summed E-state index contributed by atoms with van der Waals surface area (Å²) in [6.45, 7) is 2.19. The number of nitrogens with zero attached hydrogens (tertiary/aromatic N) is 2. The zero-order chi connectivity index (χ0) is 35.3. The first-order chi connectivity index (χ1) is 26.2. The van der Waals surface area contributed by atoms with Crippen LogP contribution >= 0.6 is 0 Å². The van der Waals surface area contributed by atoms with Crippen molar-refractivity contribution >= 4 is 43.1 Å². The molecule has 0 saturated heterocycles. The third-order valence-electron chi connectivity index (χ3n) is 10.5. The van der Waals surface area contributed by atoms with Crippen molar-refractivity contribution in [3.05, 3.63) is 194 Å². The van der Waals surface area contributed by atoms with Crippen molar-refractivity contribution in [2.24, 2.45) is 0 Å². The summed E-state index contributed by atoms with van der Waals surface area (Å²) in [6.07, 6.45) is 0. The summed E-state index contributed by atoms with van der Waals surface area (Å²) < 4.78 is 0. The molecule has 0 fully saturated rings. The zero-order valence-electron chi connectivity index (χ0n) is 29.3. The fourth-order valence-electron chi connectivity index (χ4n) is 7.88. The van der Waals surface area contributed by atoms with Crippen molar-refractivity contribution in [3.63, 3.8) is 0 Å². The Morgan fingerprint density at radius 2 is 0.774 bits per heavy atom. The molecule has 10 aromatic rings. The van der Waals surface area contributed by atoms with Crippen LogP contribution in [0.4, 0.5) is 0 Å². The number of hydrogen-bond donors (Lipinski definition) is 0. The highest BCUT2D eigenvalue weighted by atomic mass is 14.9. The smallest absolute Gasteiger partial charge is 0.160 e. The maximum Gasteiger partial charge on any atom is 0.160 e. The molecular formula is C51H34N2. The molecule has 0 radical (unpaired) electrons. The van der Waals surface area contributed by atoms with Gasteiger partial charge in [-0.15, -0.1) is 0 Å². The van der Waals surface area contributed by atoms with Gasteiger partial charge in [0.2, 0.25) is 0 Å². The Bertz CT molecular complexity index is 2940. The highest BCUT2D eigenvalue weighted by Gasteiger charge is 2.19. The fourth-order valence-corrected chi connectivity index (χ4v) is 7.88. The lowest BCUT2D eigenvalue weighted by molar-refractivity contribution is 1.18. The standard InChI is InChI=1S/C51H34N2/c1-33-20-26-43-45(28-33)49(41-23-21-34-12-8-10-18-38(34)29-41)44-27-25-40(31-46(44)50(43)42-24-22-35-13-9-11-19-39(35)30-42)48-32-47(36-14-4-2-5-15-36)52-51(53-48)37-16-6-3-7-17-37/h2-32H,1H3. The Morgan fingerprint density at radius 3 is 1.38 bits per heavy atom. The van der Waals surface area contributed by atoms with Gasteiger partial charge < -0.3 is 0 Å². The van der Waals surface area contributed by atoms with Gasteiger partial charge in [0, 0.05) is 16.7 Å². The molecule has 0 spiro atoms. The minimum absolute atomic E-state index is 0.711. The van der Waals surface area contributed by atoms with Gasteiger partial charge in [-0.3, -0.25) is 0 Å². The van der Waals surface area contributed by atoms with Gasteiger partial charge in [0.1, 0.15) is 0 Å². The normalized spacial score (nSPS) is 11.5. The van der Waals surface area contributed by atoms with E-state index >= 15 is 0 Å². The van der Waals surface area contributed by atoms with Crippen molar-refractivity contribution in [1.29, 1.82) is 0 Å². The minimum Gasteiger partial charge on any atom is -0.228 e. The molecular weight excluding hydrogens is 641 g/mol. The SMILES string of the molecule is Cc1ccc2c(-c3ccc4ccccc4c3)c3cc(-c4cc(-c5ccccc5)nc(-c5ccccc5)n4)ccc3c(-c3ccc4ccccc4c3)c2c1. The Balaban J connectivity index is 1.30. The van der Waals surface area contributed by atoms with Crippen LogP contribution in [0.3, 0.4) is 0 Å². The second-order valence-electron chi connectivity index (χ2n) is 13.9. The van der Waals surface area contributed by atoms with E-state index in [1.165, 1.54) is 70.9 Å². The molecule has 10 rings (SSSR count). The van der Waals surface area contributed by atoms with Gasteiger partial charge in [0.05, 0.1) is 11.4 Å². The third-order valence-corrected chi connectivity index (χ3v) is 10.5. The molecule has 1 aromatic heterocycles. The van der Waals surface area contributed by atoms with E-state index in [0.29, 0.717) is 5.82 Å². The molecule has 0 unspecified atom stereocenters. The van der Waals surface area contributed by atoms with Crippen LogP contribution in [0.15, 0.2) is 188 Å². The third kappa shape index (κ3) is 5.53. The van der Waals surface area contributed by atoms with Crippen molar-refractivity contribution in [3.8, 4) is 56.2 Å². The van der Waals surface area contributed by atoms with Crippen LogP contribution in [0.1, 0.15) is 5.56 Å². The van der Waals surface area contributed by atoms with Crippen LogP contribution in [-0.2, 0) is 0 Å². The molecule has 1 heterocycles. The first-order valence-corrected chi connectivity index (χ1v) is 18.1. The highest BCUT2D eigenvalue weighted by Crippen LogP contribution is 2.46. The second kappa shape index (κ2) is 12.7. The molecule has 248 valence electrons. The Hall–Kier alpha value is -6.90. The Morgan fingerprint density at radius 1 is 0.302 bits per heavy atom. The van der Waals surface area contributed by atoms with Crippen molar-refractivity contribution in [1.82, 2.24) is 9.97 Å². The van der Waals surface area contributed by atoms with Crippen LogP contribution in [0.25, 0.3) is 99.2 Å². The van der Waals surface area contributed by atoms with Crippen LogP contribution in [0.5, 0.6) is 0 Å². The van der Waals surface area contributed by atoms with Gasteiger partial charge in [-0.2, -0.15) is 0 Å². The molecule has 0 aliphatic rings. The number of fused-ring (bicyclic) bond motifs is 4. The number of aromatic nitrogens is 2. The molecule has 53 heavy (non-hydrogen) atoms. The lowest BCUT2D eigenvalue weighted by Gasteiger charge is -2.20. The van der Waals surface area contributed by atoms with Gasteiger partial charge >= 0.3 is 0 Å². The molecule has 2 heteroatoms. The maximum absolute atomic E-state index is 5.23. The second-order valence-corrected chi connectivity index (χ2v) is 13.9. The molecule has 0 aliphatic carbocycles. The van der Waals surface area contributed by atoms with E-state index < -0.39 is 0 Å². The average Bonchev–Trinajstić information content (AvgIpc) is 3.22. The highest BCUT2D eigenvalue weighted by molar-refractivity contribution is 6.22.